The van der Waals surface area contributed by atoms with Crippen molar-refractivity contribution in [3.05, 3.63) is 65.2 Å². The summed E-state index contributed by atoms with van der Waals surface area (Å²) in [6.07, 6.45) is 1.10. The molecule has 164 valence electrons. The molecule has 0 radical (unpaired) electrons. The fraction of sp³-hybridized carbons (Fsp3) is 0.286. The molecule has 0 bridgehead atoms. The molecular weight excluding hydrogens is 452 g/mol. The number of rotatable bonds is 8. The molecule has 1 aromatic heterocycles. The van der Waals surface area contributed by atoms with Gasteiger partial charge in [0.2, 0.25) is 21.1 Å². The number of thioether (sulfide) groups is 1. The average molecular weight is 477 g/mol. The van der Waals surface area contributed by atoms with Gasteiger partial charge in [-0.15, -0.1) is 10.2 Å². The second kappa shape index (κ2) is 9.80. The summed E-state index contributed by atoms with van der Waals surface area (Å²) < 4.78 is 26.9. The van der Waals surface area contributed by atoms with Gasteiger partial charge in [-0.1, -0.05) is 65.6 Å². The molecule has 0 aliphatic rings. The first-order chi connectivity index (χ1) is 14.6. The summed E-state index contributed by atoms with van der Waals surface area (Å²) >= 11 is 2.79. The van der Waals surface area contributed by atoms with Crippen molar-refractivity contribution in [2.45, 2.75) is 36.9 Å². The maximum absolute atomic E-state index is 12.9. The van der Waals surface area contributed by atoms with Gasteiger partial charge in [0.15, 0.2) is 4.34 Å². The monoisotopic (exact) mass is 476 g/mol. The molecule has 0 fully saturated rings. The summed E-state index contributed by atoms with van der Waals surface area (Å²) in [4.78, 5) is 12.9. The molecular formula is C21H24N4O3S3. The van der Waals surface area contributed by atoms with Crippen molar-refractivity contribution < 1.29 is 13.2 Å². The molecule has 7 nitrogen and oxygen atoms in total. The summed E-state index contributed by atoms with van der Waals surface area (Å²) in [5.41, 5.74) is 3.33. The van der Waals surface area contributed by atoms with E-state index in [4.69, 9.17) is 0 Å². The van der Waals surface area contributed by atoms with Crippen LogP contribution in [0.3, 0.4) is 0 Å². The van der Waals surface area contributed by atoms with Crippen LogP contribution < -0.4 is 9.62 Å². The molecule has 2 aromatic carbocycles. The molecule has 0 saturated heterocycles. The second-order valence-electron chi connectivity index (χ2n) is 7.16. The van der Waals surface area contributed by atoms with Crippen molar-refractivity contribution in [2.24, 2.45) is 0 Å². The minimum Gasteiger partial charge on any atom is -0.299 e. The Morgan fingerprint density at radius 2 is 1.87 bits per heavy atom. The molecule has 31 heavy (non-hydrogen) atoms. The molecule has 0 unspecified atom stereocenters. The van der Waals surface area contributed by atoms with Gasteiger partial charge in [0, 0.05) is 5.75 Å². The largest absolute Gasteiger partial charge is 0.299 e. The first-order valence-electron chi connectivity index (χ1n) is 9.53. The van der Waals surface area contributed by atoms with Gasteiger partial charge in [0.1, 0.15) is 6.04 Å². The Labute approximate surface area is 191 Å². The predicted octanol–water partition coefficient (Wildman–Crippen LogP) is 4.24. The molecule has 3 rings (SSSR count). The third kappa shape index (κ3) is 6.05. The SMILES string of the molecule is Cc1ccc(C)c(N([C@@H](C)C(=O)Nc2nnc(SCc3ccccc3)s2)S(C)(=O)=O)c1. The van der Waals surface area contributed by atoms with Crippen LogP contribution in [0.1, 0.15) is 23.6 Å². The number of nitrogens with zero attached hydrogens (tertiary/aromatic N) is 3. The Hall–Kier alpha value is -2.43. The number of nitrogens with one attached hydrogen (secondary N) is 1. The fourth-order valence-electron chi connectivity index (χ4n) is 2.99. The van der Waals surface area contributed by atoms with Gasteiger partial charge in [-0.2, -0.15) is 0 Å². The highest BCUT2D eigenvalue weighted by atomic mass is 32.2. The lowest BCUT2D eigenvalue weighted by molar-refractivity contribution is -0.116. The van der Waals surface area contributed by atoms with Crippen molar-refractivity contribution in [1.82, 2.24) is 10.2 Å². The highest BCUT2D eigenvalue weighted by molar-refractivity contribution is 8.00. The van der Waals surface area contributed by atoms with E-state index in [1.54, 1.807) is 13.0 Å². The number of aryl methyl sites for hydroxylation is 2. The van der Waals surface area contributed by atoms with Crippen LogP contribution >= 0.6 is 23.1 Å². The zero-order valence-corrected chi connectivity index (χ0v) is 20.1. The molecule has 0 aliphatic carbocycles. The standard InChI is InChI=1S/C21H24N4O3S3/c1-14-10-11-15(2)18(12-14)25(31(4,27)28)16(3)19(26)22-20-23-24-21(30-20)29-13-17-8-6-5-7-9-17/h5-12,16H,13H2,1-4H3,(H,22,23,26)/t16-/m0/s1. The van der Waals surface area contributed by atoms with E-state index in [0.717, 1.165) is 31.8 Å². The number of hydrogen-bond acceptors (Lipinski definition) is 7. The number of sulfonamides is 1. The lowest BCUT2D eigenvalue weighted by Crippen LogP contribution is -2.45. The van der Waals surface area contributed by atoms with E-state index < -0.39 is 22.0 Å². The van der Waals surface area contributed by atoms with Crippen LogP contribution in [0.5, 0.6) is 0 Å². The van der Waals surface area contributed by atoms with Gasteiger partial charge >= 0.3 is 0 Å². The molecule has 0 saturated carbocycles. The quantitative estimate of drug-likeness (QED) is 0.386. The maximum atomic E-state index is 12.9. The summed E-state index contributed by atoms with van der Waals surface area (Å²) in [7, 11) is -3.69. The number of carbonyl (C=O) groups excluding carboxylic acids is 1. The maximum Gasteiger partial charge on any atom is 0.249 e. The molecule has 1 N–H and O–H groups in total. The Bertz CT molecular complexity index is 1160. The van der Waals surface area contributed by atoms with E-state index in [1.807, 2.05) is 56.3 Å². The van der Waals surface area contributed by atoms with Crippen LogP contribution in [-0.2, 0) is 20.6 Å². The number of aromatic nitrogens is 2. The van der Waals surface area contributed by atoms with Gasteiger partial charge in [-0.05, 0) is 43.5 Å². The summed E-state index contributed by atoms with van der Waals surface area (Å²) in [5, 5.41) is 11.2. The van der Waals surface area contributed by atoms with Gasteiger partial charge in [0.25, 0.3) is 0 Å². The Balaban J connectivity index is 1.72. The van der Waals surface area contributed by atoms with Crippen LogP contribution in [0.4, 0.5) is 10.8 Å². The molecule has 10 heteroatoms. The minimum atomic E-state index is -3.69. The molecule has 3 aromatic rings. The number of benzene rings is 2. The van der Waals surface area contributed by atoms with Crippen molar-refractivity contribution >= 4 is 49.8 Å². The van der Waals surface area contributed by atoms with Crippen LogP contribution in [0.2, 0.25) is 0 Å². The van der Waals surface area contributed by atoms with E-state index in [2.05, 4.69) is 15.5 Å². The molecule has 0 spiro atoms. The highest BCUT2D eigenvalue weighted by Gasteiger charge is 2.30. The first kappa shape index (κ1) is 23.2. The number of amides is 1. The van der Waals surface area contributed by atoms with E-state index in [-0.39, 0.29) is 0 Å². The van der Waals surface area contributed by atoms with Crippen LogP contribution in [0, 0.1) is 13.8 Å². The van der Waals surface area contributed by atoms with Gasteiger partial charge in [-0.3, -0.25) is 14.4 Å². The molecule has 1 amide bonds. The number of anilines is 2. The fourth-order valence-corrected chi connectivity index (χ4v) is 5.92. The van der Waals surface area contributed by atoms with Crippen molar-refractivity contribution in [2.75, 3.05) is 15.9 Å². The van der Waals surface area contributed by atoms with E-state index >= 15 is 0 Å². The lowest BCUT2D eigenvalue weighted by Gasteiger charge is -2.29. The molecule has 1 atom stereocenters. The smallest absolute Gasteiger partial charge is 0.249 e. The van der Waals surface area contributed by atoms with Crippen molar-refractivity contribution in [3.63, 3.8) is 0 Å². The summed E-state index contributed by atoms with van der Waals surface area (Å²) in [6, 6.07) is 14.5. The minimum absolute atomic E-state index is 0.335. The summed E-state index contributed by atoms with van der Waals surface area (Å²) in [5.74, 6) is 0.274. The predicted molar refractivity (Wildman–Crippen MR) is 127 cm³/mol. The van der Waals surface area contributed by atoms with E-state index in [0.29, 0.717) is 10.8 Å². The first-order valence-corrected chi connectivity index (χ1v) is 13.2. The van der Waals surface area contributed by atoms with Crippen LogP contribution in [-0.4, -0.2) is 36.8 Å². The van der Waals surface area contributed by atoms with Gasteiger partial charge in [-0.25, -0.2) is 8.42 Å². The number of hydrogen-bond donors (Lipinski definition) is 1. The zero-order valence-electron chi connectivity index (χ0n) is 17.7. The Morgan fingerprint density at radius 1 is 1.16 bits per heavy atom. The zero-order chi connectivity index (χ0) is 22.6. The second-order valence-corrected chi connectivity index (χ2v) is 11.2. The Kier molecular flexibility index (Phi) is 7.34. The Morgan fingerprint density at radius 3 is 2.55 bits per heavy atom. The summed E-state index contributed by atoms with van der Waals surface area (Å²) in [6.45, 7) is 5.26. The normalized spacial score (nSPS) is 12.4. The van der Waals surface area contributed by atoms with Crippen molar-refractivity contribution in [3.8, 4) is 0 Å². The highest BCUT2D eigenvalue weighted by Crippen LogP contribution is 2.30. The molecule has 1 heterocycles. The van der Waals surface area contributed by atoms with E-state index in [9.17, 15) is 13.2 Å². The topological polar surface area (TPSA) is 92.3 Å². The van der Waals surface area contributed by atoms with Crippen molar-refractivity contribution in [1.29, 1.82) is 0 Å². The van der Waals surface area contributed by atoms with E-state index in [1.165, 1.54) is 28.7 Å². The van der Waals surface area contributed by atoms with Gasteiger partial charge in [0.05, 0.1) is 11.9 Å². The molecule has 0 aliphatic heterocycles. The van der Waals surface area contributed by atoms with Crippen LogP contribution in [0.15, 0.2) is 52.9 Å². The third-order valence-electron chi connectivity index (χ3n) is 4.53. The average Bonchev–Trinajstić information content (AvgIpc) is 3.16. The van der Waals surface area contributed by atoms with Gasteiger partial charge < -0.3 is 0 Å². The lowest BCUT2D eigenvalue weighted by atomic mass is 10.1. The van der Waals surface area contributed by atoms with Crippen LogP contribution in [0.25, 0.3) is 0 Å². The number of carbonyl (C=O) groups is 1. The third-order valence-corrected chi connectivity index (χ3v) is 7.80.